The molecule has 0 saturated heterocycles. The Bertz CT molecular complexity index is 813. The highest BCUT2D eigenvalue weighted by atomic mass is 79.9. The average molecular weight is 363 g/mol. The number of aryl methyl sites for hydroxylation is 2. The van der Waals surface area contributed by atoms with E-state index in [9.17, 15) is 0 Å². The van der Waals surface area contributed by atoms with Crippen LogP contribution in [0.3, 0.4) is 0 Å². The van der Waals surface area contributed by atoms with Gasteiger partial charge in [0.2, 0.25) is 5.95 Å². The predicted molar refractivity (Wildman–Crippen MR) is 93.4 cm³/mol. The lowest BCUT2D eigenvalue weighted by Gasteiger charge is -2.12. The maximum absolute atomic E-state index is 5.82. The molecule has 0 bridgehead atoms. The first-order chi connectivity index (χ1) is 10.1. The van der Waals surface area contributed by atoms with E-state index in [0.717, 1.165) is 32.6 Å². The van der Waals surface area contributed by atoms with Crippen molar-refractivity contribution in [3.05, 3.63) is 39.2 Å². The standard InChI is InChI=1S/C15H15BrN4S/c1-3-9-7-10(16)4-5-12(9)18-13-11-6-8(2)21-14(11)20-15(17)19-13/h4-7H,3H2,1-2H3,(H3,17,18,19,20). The number of hydrogen-bond donors (Lipinski definition) is 2. The van der Waals surface area contributed by atoms with Crippen molar-refractivity contribution in [2.24, 2.45) is 0 Å². The van der Waals surface area contributed by atoms with Gasteiger partial charge in [-0.15, -0.1) is 11.3 Å². The molecular formula is C15H15BrN4S. The van der Waals surface area contributed by atoms with Crippen molar-refractivity contribution in [1.82, 2.24) is 9.97 Å². The van der Waals surface area contributed by atoms with Crippen molar-refractivity contribution in [2.75, 3.05) is 11.1 Å². The molecule has 2 heterocycles. The van der Waals surface area contributed by atoms with Crippen molar-refractivity contribution >= 4 is 54.9 Å². The Morgan fingerprint density at radius 2 is 2.10 bits per heavy atom. The van der Waals surface area contributed by atoms with E-state index in [2.05, 4.69) is 57.2 Å². The van der Waals surface area contributed by atoms with E-state index in [0.29, 0.717) is 5.95 Å². The Morgan fingerprint density at radius 3 is 2.86 bits per heavy atom. The largest absolute Gasteiger partial charge is 0.368 e. The summed E-state index contributed by atoms with van der Waals surface area (Å²) in [7, 11) is 0. The summed E-state index contributed by atoms with van der Waals surface area (Å²) in [4.78, 5) is 10.8. The fourth-order valence-electron chi connectivity index (χ4n) is 2.26. The molecule has 0 aliphatic carbocycles. The zero-order valence-electron chi connectivity index (χ0n) is 11.8. The maximum Gasteiger partial charge on any atom is 0.223 e. The number of nitrogens with one attached hydrogen (secondary N) is 1. The highest BCUT2D eigenvalue weighted by Crippen LogP contribution is 2.32. The van der Waals surface area contributed by atoms with E-state index >= 15 is 0 Å². The van der Waals surface area contributed by atoms with Gasteiger partial charge in [0.1, 0.15) is 10.6 Å². The van der Waals surface area contributed by atoms with Gasteiger partial charge in [-0.2, -0.15) is 4.98 Å². The van der Waals surface area contributed by atoms with Crippen LogP contribution in [0.1, 0.15) is 17.4 Å². The lowest BCUT2D eigenvalue weighted by molar-refractivity contribution is 1.13. The van der Waals surface area contributed by atoms with Crippen molar-refractivity contribution in [1.29, 1.82) is 0 Å². The molecule has 0 spiro atoms. The van der Waals surface area contributed by atoms with Crippen molar-refractivity contribution in [3.63, 3.8) is 0 Å². The zero-order valence-corrected chi connectivity index (χ0v) is 14.2. The minimum Gasteiger partial charge on any atom is -0.368 e. The Hall–Kier alpha value is -1.66. The normalized spacial score (nSPS) is 11.0. The number of nitrogens with zero attached hydrogens (tertiary/aromatic N) is 2. The number of rotatable bonds is 3. The summed E-state index contributed by atoms with van der Waals surface area (Å²) >= 11 is 5.13. The number of fused-ring (bicyclic) bond motifs is 1. The number of nitrogen functional groups attached to an aromatic ring is 1. The van der Waals surface area contributed by atoms with Crippen LogP contribution in [0.25, 0.3) is 10.2 Å². The van der Waals surface area contributed by atoms with Gasteiger partial charge < -0.3 is 11.1 Å². The molecule has 4 nitrogen and oxygen atoms in total. The minimum absolute atomic E-state index is 0.294. The van der Waals surface area contributed by atoms with Gasteiger partial charge in [0.25, 0.3) is 0 Å². The second-order valence-electron chi connectivity index (χ2n) is 4.79. The van der Waals surface area contributed by atoms with Crippen LogP contribution in [-0.4, -0.2) is 9.97 Å². The summed E-state index contributed by atoms with van der Waals surface area (Å²) in [5.41, 5.74) is 8.09. The van der Waals surface area contributed by atoms with E-state index in [1.807, 2.05) is 12.1 Å². The van der Waals surface area contributed by atoms with Gasteiger partial charge in [0.15, 0.2) is 0 Å². The van der Waals surface area contributed by atoms with E-state index in [4.69, 9.17) is 5.73 Å². The van der Waals surface area contributed by atoms with Crippen LogP contribution in [0.15, 0.2) is 28.7 Å². The molecule has 0 unspecified atom stereocenters. The monoisotopic (exact) mass is 362 g/mol. The van der Waals surface area contributed by atoms with Crippen LogP contribution < -0.4 is 11.1 Å². The zero-order chi connectivity index (χ0) is 15.0. The fraction of sp³-hybridized carbons (Fsp3) is 0.200. The molecule has 3 rings (SSSR count). The summed E-state index contributed by atoms with van der Waals surface area (Å²) in [5.74, 6) is 1.06. The molecule has 0 amide bonds. The molecule has 0 aliphatic heterocycles. The highest BCUT2D eigenvalue weighted by Gasteiger charge is 2.11. The first-order valence-electron chi connectivity index (χ1n) is 6.66. The van der Waals surface area contributed by atoms with Crippen LogP contribution in [0, 0.1) is 6.92 Å². The molecular weight excluding hydrogens is 348 g/mol. The molecule has 108 valence electrons. The number of hydrogen-bond acceptors (Lipinski definition) is 5. The van der Waals surface area contributed by atoms with Crippen LogP contribution in [0.2, 0.25) is 0 Å². The summed E-state index contributed by atoms with van der Waals surface area (Å²) in [6, 6.07) is 8.27. The van der Waals surface area contributed by atoms with E-state index in [1.165, 1.54) is 10.4 Å². The van der Waals surface area contributed by atoms with Crippen LogP contribution >= 0.6 is 27.3 Å². The number of benzene rings is 1. The fourth-order valence-corrected chi connectivity index (χ4v) is 3.55. The number of anilines is 3. The SMILES string of the molecule is CCc1cc(Br)ccc1Nc1nc(N)nc2sc(C)cc12. The van der Waals surface area contributed by atoms with Crippen LogP contribution in [0.5, 0.6) is 0 Å². The molecule has 3 aromatic rings. The average Bonchev–Trinajstić information content (AvgIpc) is 2.81. The molecule has 0 saturated carbocycles. The smallest absolute Gasteiger partial charge is 0.223 e. The summed E-state index contributed by atoms with van der Waals surface area (Å²) < 4.78 is 1.07. The van der Waals surface area contributed by atoms with Crippen LogP contribution in [0.4, 0.5) is 17.5 Å². The maximum atomic E-state index is 5.82. The van der Waals surface area contributed by atoms with Gasteiger partial charge >= 0.3 is 0 Å². The first kappa shape index (κ1) is 14.3. The molecule has 21 heavy (non-hydrogen) atoms. The third-order valence-corrected chi connectivity index (χ3v) is 4.67. The Morgan fingerprint density at radius 1 is 1.29 bits per heavy atom. The lowest BCUT2D eigenvalue weighted by Crippen LogP contribution is -2.02. The molecule has 0 aliphatic rings. The number of thiophene rings is 1. The van der Waals surface area contributed by atoms with E-state index in [1.54, 1.807) is 11.3 Å². The molecule has 0 fully saturated rings. The summed E-state index contributed by atoms with van der Waals surface area (Å²) in [6.07, 6.45) is 0.939. The second kappa shape index (κ2) is 5.61. The Labute approximate surface area is 135 Å². The third-order valence-electron chi connectivity index (χ3n) is 3.23. The minimum atomic E-state index is 0.294. The number of nitrogens with two attached hydrogens (primary N) is 1. The van der Waals surface area contributed by atoms with Crippen molar-refractivity contribution in [3.8, 4) is 0 Å². The highest BCUT2D eigenvalue weighted by molar-refractivity contribution is 9.10. The van der Waals surface area contributed by atoms with Crippen molar-refractivity contribution in [2.45, 2.75) is 20.3 Å². The third kappa shape index (κ3) is 2.87. The molecule has 1 aromatic carbocycles. The van der Waals surface area contributed by atoms with Gasteiger partial charge in [-0.3, -0.25) is 0 Å². The van der Waals surface area contributed by atoms with Gasteiger partial charge in [0, 0.05) is 15.0 Å². The topological polar surface area (TPSA) is 63.8 Å². The molecule has 2 aromatic heterocycles. The van der Waals surface area contributed by atoms with Crippen molar-refractivity contribution < 1.29 is 0 Å². The molecule has 3 N–H and O–H groups in total. The lowest BCUT2D eigenvalue weighted by atomic mass is 10.1. The number of aromatic nitrogens is 2. The van der Waals surface area contributed by atoms with Crippen LogP contribution in [-0.2, 0) is 6.42 Å². The Kier molecular flexibility index (Phi) is 3.82. The van der Waals surface area contributed by atoms with E-state index < -0.39 is 0 Å². The van der Waals surface area contributed by atoms with Gasteiger partial charge in [-0.05, 0) is 43.2 Å². The quantitative estimate of drug-likeness (QED) is 0.711. The molecule has 0 radical (unpaired) electrons. The summed E-state index contributed by atoms with van der Waals surface area (Å²) in [6.45, 7) is 4.19. The molecule has 6 heteroatoms. The number of halogens is 1. The first-order valence-corrected chi connectivity index (χ1v) is 8.27. The van der Waals surface area contributed by atoms with Gasteiger partial charge in [-0.1, -0.05) is 22.9 Å². The summed E-state index contributed by atoms with van der Waals surface area (Å²) in [5, 5.41) is 4.41. The van der Waals surface area contributed by atoms with Gasteiger partial charge in [-0.25, -0.2) is 4.98 Å². The second-order valence-corrected chi connectivity index (χ2v) is 6.94. The predicted octanol–water partition coefficient (Wildman–Crippen LogP) is 4.65. The Balaban J connectivity index is 2.09. The van der Waals surface area contributed by atoms with Gasteiger partial charge in [0.05, 0.1) is 5.39 Å². The van der Waals surface area contributed by atoms with E-state index in [-0.39, 0.29) is 0 Å². The molecule has 0 atom stereocenters.